The topological polar surface area (TPSA) is 23.5 Å². The van der Waals surface area contributed by atoms with Gasteiger partial charge in [-0.05, 0) is 67.4 Å². The zero-order chi connectivity index (χ0) is 16.1. The lowest BCUT2D eigenvalue weighted by molar-refractivity contribution is 0.161. The summed E-state index contributed by atoms with van der Waals surface area (Å²) < 4.78 is 0. The molecule has 2 nitrogen and oxygen atoms in total. The van der Waals surface area contributed by atoms with Gasteiger partial charge in [-0.25, -0.2) is 0 Å². The molecule has 1 N–H and O–H groups in total. The smallest absolute Gasteiger partial charge is 0.115 e. The molecule has 0 aromatic heterocycles. The number of nitrogens with zero attached hydrogens (tertiary/aromatic N) is 1. The summed E-state index contributed by atoms with van der Waals surface area (Å²) >= 11 is 0. The minimum Gasteiger partial charge on any atom is -0.508 e. The molecule has 1 fully saturated rings. The normalized spacial score (nSPS) is 22.1. The number of phenols is 1. The predicted octanol–water partition coefficient (Wildman–Crippen LogP) is 4.45. The minimum atomic E-state index is 0.389. The van der Waals surface area contributed by atoms with E-state index in [1.54, 1.807) is 6.07 Å². The lowest BCUT2D eigenvalue weighted by atomic mass is 9.81. The van der Waals surface area contributed by atoms with E-state index in [0.29, 0.717) is 17.6 Å². The van der Waals surface area contributed by atoms with Crippen LogP contribution in [-0.4, -0.2) is 29.6 Å². The Morgan fingerprint density at radius 3 is 2.65 bits per heavy atom. The highest BCUT2D eigenvalue weighted by Crippen LogP contribution is 2.34. The number of phenolic OH excluding ortho intramolecular Hbond substituents is 1. The molecule has 1 aliphatic heterocycles. The Morgan fingerprint density at radius 1 is 1.09 bits per heavy atom. The molecule has 1 heterocycles. The van der Waals surface area contributed by atoms with Crippen molar-refractivity contribution in [2.45, 2.75) is 32.1 Å². The fourth-order valence-electron chi connectivity index (χ4n) is 3.84. The molecule has 2 aromatic carbocycles. The molecule has 1 unspecified atom stereocenters. The Morgan fingerprint density at radius 2 is 1.91 bits per heavy atom. The first-order valence-electron chi connectivity index (χ1n) is 8.77. The maximum atomic E-state index is 9.70. The molecule has 2 atom stereocenters. The molecule has 1 saturated heterocycles. The van der Waals surface area contributed by atoms with Crippen LogP contribution in [-0.2, 0) is 6.42 Å². The summed E-state index contributed by atoms with van der Waals surface area (Å²) in [7, 11) is 0. The van der Waals surface area contributed by atoms with E-state index in [1.807, 2.05) is 12.1 Å². The van der Waals surface area contributed by atoms with E-state index in [2.05, 4.69) is 48.2 Å². The van der Waals surface area contributed by atoms with Gasteiger partial charge in [0.25, 0.3) is 0 Å². The second kappa shape index (κ2) is 7.65. The van der Waals surface area contributed by atoms with Crippen molar-refractivity contribution in [2.24, 2.45) is 5.92 Å². The van der Waals surface area contributed by atoms with E-state index in [9.17, 15) is 5.11 Å². The van der Waals surface area contributed by atoms with E-state index < -0.39 is 0 Å². The number of aromatic hydroxyl groups is 1. The fraction of sp³-hybridized carbons (Fsp3) is 0.429. The molecule has 1 aliphatic rings. The first-order valence-corrected chi connectivity index (χ1v) is 8.77. The standard InChI is InChI=1S/C21H27NO/c1-17-16-22(13-6-9-18-7-3-2-4-8-18)14-12-21(17)19-10-5-11-20(23)15-19/h2-5,7-8,10-11,15,17,21,23H,6,9,12-14,16H2,1H3/t17-,21?/m1/s1. The highest BCUT2D eigenvalue weighted by molar-refractivity contribution is 5.30. The lowest BCUT2D eigenvalue weighted by Crippen LogP contribution is -2.39. The van der Waals surface area contributed by atoms with Crippen LogP contribution >= 0.6 is 0 Å². The summed E-state index contributed by atoms with van der Waals surface area (Å²) in [6.07, 6.45) is 3.59. The summed E-state index contributed by atoms with van der Waals surface area (Å²) in [5.41, 5.74) is 2.73. The Balaban J connectivity index is 1.48. The molecular formula is C21H27NO. The Labute approximate surface area is 139 Å². The number of benzene rings is 2. The summed E-state index contributed by atoms with van der Waals surface area (Å²) in [6.45, 7) is 5.86. The highest BCUT2D eigenvalue weighted by atomic mass is 16.3. The molecule has 0 amide bonds. The second-order valence-corrected chi connectivity index (χ2v) is 6.86. The van der Waals surface area contributed by atoms with Crippen molar-refractivity contribution in [3.63, 3.8) is 0 Å². The number of rotatable bonds is 5. The number of likely N-dealkylation sites (tertiary alicyclic amines) is 1. The monoisotopic (exact) mass is 309 g/mol. The third kappa shape index (κ3) is 4.35. The van der Waals surface area contributed by atoms with Crippen LogP contribution in [0, 0.1) is 5.92 Å². The van der Waals surface area contributed by atoms with Gasteiger partial charge in [-0.15, -0.1) is 0 Å². The molecule has 2 heteroatoms. The van der Waals surface area contributed by atoms with Crippen LogP contribution in [0.2, 0.25) is 0 Å². The Bertz CT molecular complexity index is 610. The van der Waals surface area contributed by atoms with Gasteiger partial charge in [-0.2, -0.15) is 0 Å². The average Bonchev–Trinajstić information content (AvgIpc) is 2.56. The van der Waals surface area contributed by atoms with Gasteiger partial charge in [-0.1, -0.05) is 49.4 Å². The van der Waals surface area contributed by atoms with Crippen molar-refractivity contribution >= 4 is 0 Å². The molecule has 0 aliphatic carbocycles. The van der Waals surface area contributed by atoms with Crippen LogP contribution < -0.4 is 0 Å². The summed E-state index contributed by atoms with van der Waals surface area (Å²) in [6, 6.07) is 18.6. The van der Waals surface area contributed by atoms with Gasteiger partial charge in [0.15, 0.2) is 0 Å². The summed E-state index contributed by atoms with van der Waals surface area (Å²) in [4.78, 5) is 2.60. The van der Waals surface area contributed by atoms with Gasteiger partial charge >= 0.3 is 0 Å². The molecular weight excluding hydrogens is 282 g/mol. The zero-order valence-corrected chi connectivity index (χ0v) is 14.0. The quantitative estimate of drug-likeness (QED) is 0.882. The van der Waals surface area contributed by atoms with E-state index in [0.717, 1.165) is 6.54 Å². The third-order valence-electron chi connectivity index (χ3n) is 5.07. The van der Waals surface area contributed by atoms with Gasteiger partial charge < -0.3 is 10.0 Å². The van der Waals surface area contributed by atoms with Crippen molar-refractivity contribution in [3.05, 3.63) is 65.7 Å². The largest absolute Gasteiger partial charge is 0.508 e. The lowest BCUT2D eigenvalue weighted by Gasteiger charge is -2.37. The van der Waals surface area contributed by atoms with Crippen molar-refractivity contribution in [2.75, 3.05) is 19.6 Å². The first-order chi connectivity index (χ1) is 11.2. The summed E-state index contributed by atoms with van der Waals surface area (Å²) in [5.74, 6) is 1.61. The molecule has 122 valence electrons. The van der Waals surface area contributed by atoms with Gasteiger partial charge in [0, 0.05) is 6.54 Å². The number of hydrogen-bond acceptors (Lipinski definition) is 2. The van der Waals surface area contributed by atoms with Gasteiger partial charge in [-0.3, -0.25) is 0 Å². The van der Waals surface area contributed by atoms with Crippen LogP contribution in [0.3, 0.4) is 0 Å². The zero-order valence-electron chi connectivity index (χ0n) is 14.0. The minimum absolute atomic E-state index is 0.389. The number of piperidine rings is 1. The van der Waals surface area contributed by atoms with Crippen LogP contribution in [0.15, 0.2) is 54.6 Å². The maximum Gasteiger partial charge on any atom is 0.115 e. The Hall–Kier alpha value is -1.80. The van der Waals surface area contributed by atoms with Gasteiger partial charge in [0.05, 0.1) is 0 Å². The molecule has 0 saturated carbocycles. The SMILES string of the molecule is C[C@@H]1CN(CCCc2ccccc2)CCC1c1cccc(O)c1. The fourth-order valence-corrected chi connectivity index (χ4v) is 3.84. The molecule has 0 bridgehead atoms. The van der Waals surface area contributed by atoms with E-state index in [4.69, 9.17) is 0 Å². The maximum absolute atomic E-state index is 9.70. The molecule has 3 rings (SSSR count). The summed E-state index contributed by atoms with van der Waals surface area (Å²) in [5, 5.41) is 9.70. The van der Waals surface area contributed by atoms with Crippen LogP contribution in [0.5, 0.6) is 5.75 Å². The van der Waals surface area contributed by atoms with E-state index >= 15 is 0 Å². The van der Waals surface area contributed by atoms with Crippen LogP contribution in [0.1, 0.15) is 36.8 Å². The van der Waals surface area contributed by atoms with Gasteiger partial charge in [0.2, 0.25) is 0 Å². The first kappa shape index (κ1) is 16.1. The second-order valence-electron chi connectivity index (χ2n) is 6.86. The molecule has 0 radical (unpaired) electrons. The van der Waals surface area contributed by atoms with Crippen molar-refractivity contribution in [1.29, 1.82) is 0 Å². The van der Waals surface area contributed by atoms with E-state index in [1.165, 1.54) is 43.5 Å². The van der Waals surface area contributed by atoms with Crippen molar-refractivity contribution < 1.29 is 5.11 Å². The highest BCUT2D eigenvalue weighted by Gasteiger charge is 2.27. The van der Waals surface area contributed by atoms with E-state index in [-0.39, 0.29) is 0 Å². The number of aryl methyl sites for hydroxylation is 1. The van der Waals surface area contributed by atoms with Crippen LogP contribution in [0.4, 0.5) is 0 Å². The number of hydrogen-bond donors (Lipinski definition) is 1. The predicted molar refractivity (Wildman–Crippen MR) is 95.8 cm³/mol. The van der Waals surface area contributed by atoms with Crippen molar-refractivity contribution in [3.8, 4) is 5.75 Å². The molecule has 23 heavy (non-hydrogen) atoms. The average molecular weight is 309 g/mol. The molecule has 0 spiro atoms. The van der Waals surface area contributed by atoms with Gasteiger partial charge in [0.1, 0.15) is 5.75 Å². The van der Waals surface area contributed by atoms with Crippen LogP contribution in [0.25, 0.3) is 0 Å². The molecule has 2 aromatic rings. The third-order valence-corrected chi connectivity index (χ3v) is 5.07. The van der Waals surface area contributed by atoms with Crippen molar-refractivity contribution in [1.82, 2.24) is 4.90 Å². The Kier molecular flexibility index (Phi) is 5.35.